The first-order valence-electron chi connectivity index (χ1n) is 9.10. The molecule has 0 saturated heterocycles. The summed E-state index contributed by atoms with van der Waals surface area (Å²) < 4.78 is 22.7. The molecular formula is C20H17N4O6P. The summed E-state index contributed by atoms with van der Waals surface area (Å²) in [6.07, 6.45) is 0. The maximum absolute atomic E-state index is 12.5. The number of benzene rings is 2. The molecule has 2 aromatic carbocycles. The van der Waals surface area contributed by atoms with E-state index in [1.807, 2.05) is 37.3 Å². The Bertz CT molecular complexity index is 1250. The number of nitrogens with one attached hydrogen (secondary N) is 1. The van der Waals surface area contributed by atoms with Gasteiger partial charge in [-0.05, 0) is 19.1 Å². The highest BCUT2D eigenvalue weighted by molar-refractivity contribution is 7.52. The van der Waals surface area contributed by atoms with Crippen molar-refractivity contribution in [1.29, 1.82) is 0 Å². The van der Waals surface area contributed by atoms with Gasteiger partial charge in [0.15, 0.2) is 11.5 Å². The lowest BCUT2D eigenvalue weighted by Gasteiger charge is -2.16. The molecule has 4 aromatic rings. The second-order valence-corrected chi connectivity index (χ2v) is 8.41. The molecule has 2 aromatic heterocycles. The summed E-state index contributed by atoms with van der Waals surface area (Å²) in [5.74, 6) is -2.62. The first-order valence-corrected chi connectivity index (χ1v) is 10.8. The Balaban J connectivity index is 1.59. The van der Waals surface area contributed by atoms with Crippen molar-refractivity contribution in [3.05, 3.63) is 77.7 Å². The monoisotopic (exact) mass is 440 g/mol. The number of carbonyl (C=O) groups excluding carboxylic acids is 1. The highest BCUT2D eigenvalue weighted by atomic mass is 31.2. The van der Waals surface area contributed by atoms with Crippen molar-refractivity contribution in [2.24, 2.45) is 0 Å². The molecule has 0 bridgehead atoms. The second-order valence-electron chi connectivity index (χ2n) is 6.72. The number of hydrogen-bond donors (Lipinski definition) is 3. The fraction of sp³-hybridized carbons (Fsp3) is 0.100. The van der Waals surface area contributed by atoms with Gasteiger partial charge in [-0.15, -0.1) is 10.2 Å². The summed E-state index contributed by atoms with van der Waals surface area (Å²) in [4.78, 5) is 31.9. The summed E-state index contributed by atoms with van der Waals surface area (Å²) in [5, 5.41) is 13.6. The molecule has 4 rings (SSSR count). The van der Waals surface area contributed by atoms with Crippen molar-refractivity contribution in [1.82, 2.24) is 20.7 Å². The molecule has 1 amide bonds. The highest BCUT2D eigenvalue weighted by Crippen LogP contribution is 2.49. The third-order valence-electron chi connectivity index (χ3n) is 4.38. The first-order chi connectivity index (χ1) is 14.8. The minimum absolute atomic E-state index is 0.107. The first kappa shape index (κ1) is 20.7. The molecule has 2 heterocycles. The zero-order valence-corrected chi connectivity index (χ0v) is 17.1. The Morgan fingerprint density at radius 1 is 1.06 bits per heavy atom. The Kier molecular flexibility index (Phi) is 5.51. The van der Waals surface area contributed by atoms with Crippen LogP contribution in [-0.4, -0.2) is 31.0 Å². The minimum Gasteiger partial charge on any atom is -0.416 e. The zero-order chi connectivity index (χ0) is 22.0. The highest BCUT2D eigenvalue weighted by Gasteiger charge is 2.37. The summed E-state index contributed by atoms with van der Waals surface area (Å²) in [6.45, 7) is 1.85. The van der Waals surface area contributed by atoms with E-state index in [2.05, 4.69) is 20.7 Å². The Labute approximate surface area is 176 Å². The van der Waals surface area contributed by atoms with Crippen LogP contribution in [0.5, 0.6) is 0 Å². The fourth-order valence-corrected chi connectivity index (χ4v) is 3.44. The van der Waals surface area contributed by atoms with Crippen LogP contribution in [-0.2, 0) is 4.57 Å². The summed E-state index contributed by atoms with van der Waals surface area (Å²) >= 11 is 0. The van der Waals surface area contributed by atoms with Gasteiger partial charge in [-0.2, -0.15) is 0 Å². The van der Waals surface area contributed by atoms with Gasteiger partial charge in [0.1, 0.15) is 0 Å². The third-order valence-corrected chi connectivity index (χ3v) is 5.40. The van der Waals surface area contributed by atoms with Crippen molar-refractivity contribution >= 4 is 13.5 Å². The average Bonchev–Trinajstić information content (AvgIpc) is 3.42. The zero-order valence-electron chi connectivity index (χ0n) is 16.2. The molecule has 0 spiro atoms. The van der Waals surface area contributed by atoms with Gasteiger partial charge in [-0.3, -0.25) is 9.36 Å². The van der Waals surface area contributed by atoms with Gasteiger partial charge in [0.25, 0.3) is 17.7 Å². The van der Waals surface area contributed by atoms with Crippen LogP contribution in [0.15, 0.2) is 69.6 Å². The van der Waals surface area contributed by atoms with Gasteiger partial charge in [0.2, 0.25) is 5.78 Å². The van der Waals surface area contributed by atoms with Crippen LogP contribution in [0.1, 0.15) is 27.6 Å². The van der Waals surface area contributed by atoms with Crippen LogP contribution in [0.4, 0.5) is 0 Å². The second kappa shape index (κ2) is 8.27. The van der Waals surface area contributed by atoms with E-state index in [-0.39, 0.29) is 17.1 Å². The SMILES string of the molecule is Cc1ccc(C(=O)N[C@@H](c2nnc(-c3cc(-c4ccccc4)on3)o2)P(=O)(O)O)cc1. The molecule has 0 aliphatic rings. The van der Waals surface area contributed by atoms with Crippen LogP contribution in [0.2, 0.25) is 0 Å². The Morgan fingerprint density at radius 2 is 1.77 bits per heavy atom. The molecule has 0 radical (unpaired) electrons. The predicted molar refractivity (Wildman–Crippen MR) is 109 cm³/mol. The van der Waals surface area contributed by atoms with Gasteiger partial charge in [-0.25, -0.2) is 0 Å². The van der Waals surface area contributed by atoms with Gasteiger partial charge in [0.05, 0.1) is 0 Å². The van der Waals surface area contributed by atoms with Gasteiger partial charge in [-0.1, -0.05) is 53.2 Å². The summed E-state index contributed by atoms with van der Waals surface area (Å²) in [7, 11) is -4.87. The number of rotatable bonds is 6. The van der Waals surface area contributed by atoms with Crippen molar-refractivity contribution in [3.8, 4) is 22.9 Å². The van der Waals surface area contributed by atoms with E-state index in [1.165, 1.54) is 0 Å². The fourth-order valence-electron chi connectivity index (χ4n) is 2.77. The lowest BCUT2D eigenvalue weighted by Crippen LogP contribution is -2.28. The van der Waals surface area contributed by atoms with Crippen molar-refractivity contribution in [3.63, 3.8) is 0 Å². The molecule has 0 saturated carbocycles. The quantitative estimate of drug-likeness (QED) is 0.383. The van der Waals surface area contributed by atoms with Crippen LogP contribution in [0.25, 0.3) is 22.9 Å². The molecule has 10 nitrogen and oxygen atoms in total. The standard InChI is InChI=1S/C20H17N4O6P/c1-12-7-9-14(10-8-12)17(25)21-20(31(26,27)28)19-23-22-18(29-19)15-11-16(30-24-15)13-5-3-2-4-6-13/h2-11,20H,1H3,(H,21,25)(H2,26,27,28)/t20-/m1/s1. The molecule has 11 heteroatoms. The van der Waals surface area contributed by atoms with Gasteiger partial charge in [0, 0.05) is 17.2 Å². The predicted octanol–water partition coefficient (Wildman–Crippen LogP) is 3.31. The molecular weight excluding hydrogens is 423 g/mol. The van der Waals surface area contributed by atoms with E-state index in [0.29, 0.717) is 5.76 Å². The van der Waals surface area contributed by atoms with Crippen LogP contribution >= 0.6 is 7.60 Å². The molecule has 3 N–H and O–H groups in total. The molecule has 31 heavy (non-hydrogen) atoms. The number of nitrogens with zero attached hydrogens (tertiary/aromatic N) is 3. The number of carbonyl (C=O) groups is 1. The lowest BCUT2D eigenvalue weighted by atomic mass is 10.1. The number of aromatic nitrogens is 3. The molecule has 0 aliphatic carbocycles. The number of hydrogen-bond acceptors (Lipinski definition) is 7. The number of amides is 1. The van der Waals surface area contributed by atoms with Crippen molar-refractivity contribution < 1.29 is 28.1 Å². The number of aryl methyl sites for hydroxylation is 1. The maximum Gasteiger partial charge on any atom is 0.357 e. The summed E-state index contributed by atoms with van der Waals surface area (Å²) in [5.41, 5.74) is 2.13. The minimum atomic E-state index is -4.87. The molecule has 0 fully saturated rings. The van der Waals surface area contributed by atoms with E-state index < -0.39 is 25.2 Å². The summed E-state index contributed by atoms with van der Waals surface area (Å²) in [6, 6.07) is 17.3. The Morgan fingerprint density at radius 3 is 2.45 bits per heavy atom. The molecule has 0 unspecified atom stereocenters. The van der Waals surface area contributed by atoms with E-state index in [0.717, 1.165) is 11.1 Å². The van der Waals surface area contributed by atoms with Crippen LogP contribution in [0.3, 0.4) is 0 Å². The van der Waals surface area contributed by atoms with Crippen LogP contribution in [0, 0.1) is 6.92 Å². The van der Waals surface area contributed by atoms with E-state index in [1.54, 1.807) is 30.3 Å². The molecule has 158 valence electrons. The topological polar surface area (TPSA) is 152 Å². The van der Waals surface area contributed by atoms with E-state index >= 15 is 0 Å². The van der Waals surface area contributed by atoms with Gasteiger partial charge < -0.3 is 24.0 Å². The maximum atomic E-state index is 12.5. The van der Waals surface area contributed by atoms with Crippen LogP contribution < -0.4 is 5.32 Å². The normalized spacial score (nSPS) is 12.5. The van der Waals surface area contributed by atoms with E-state index in [4.69, 9.17) is 8.94 Å². The van der Waals surface area contributed by atoms with Crippen molar-refractivity contribution in [2.75, 3.05) is 0 Å². The van der Waals surface area contributed by atoms with Crippen molar-refractivity contribution in [2.45, 2.75) is 12.7 Å². The molecule has 1 atom stereocenters. The van der Waals surface area contributed by atoms with Gasteiger partial charge >= 0.3 is 7.60 Å². The Hall–Kier alpha value is -3.59. The largest absolute Gasteiger partial charge is 0.416 e. The lowest BCUT2D eigenvalue weighted by molar-refractivity contribution is 0.0938. The smallest absolute Gasteiger partial charge is 0.357 e. The molecule has 0 aliphatic heterocycles. The van der Waals surface area contributed by atoms with E-state index in [9.17, 15) is 19.1 Å². The average molecular weight is 440 g/mol. The third kappa shape index (κ3) is 4.61.